The SMILES string of the molecule is Cc1noc(C)c1CSc1ccccc1C(=O)NCCN1CCN(C(=O)OC(C)(C)C)CC1. The largest absolute Gasteiger partial charge is 0.444 e. The summed E-state index contributed by atoms with van der Waals surface area (Å²) in [5.41, 5.74) is 2.14. The Hall–Kier alpha value is -2.52. The highest BCUT2D eigenvalue weighted by Crippen LogP contribution is 2.28. The van der Waals surface area contributed by atoms with Crippen molar-refractivity contribution in [3.63, 3.8) is 0 Å². The van der Waals surface area contributed by atoms with Crippen molar-refractivity contribution in [1.29, 1.82) is 0 Å². The quantitative estimate of drug-likeness (QED) is 0.610. The summed E-state index contributed by atoms with van der Waals surface area (Å²) in [6.45, 7) is 13.5. The van der Waals surface area contributed by atoms with E-state index in [4.69, 9.17) is 9.26 Å². The number of thioether (sulfide) groups is 1. The molecule has 0 atom stereocenters. The summed E-state index contributed by atoms with van der Waals surface area (Å²) in [5, 5.41) is 7.04. The van der Waals surface area contributed by atoms with Gasteiger partial charge in [0.2, 0.25) is 0 Å². The van der Waals surface area contributed by atoms with E-state index in [0.717, 1.165) is 41.5 Å². The Morgan fingerprint density at radius 1 is 1.15 bits per heavy atom. The van der Waals surface area contributed by atoms with E-state index < -0.39 is 5.60 Å². The van der Waals surface area contributed by atoms with Gasteiger partial charge in [0, 0.05) is 55.5 Å². The molecule has 0 unspecified atom stereocenters. The number of rotatable bonds is 7. The predicted molar refractivity (Wildman–Crippen MR) is 129 cm³/mol. The average Bonchev–Trinajstić information content (AvgIpc) is 3.09. The molecule has 0 radical (unpaired) electrons. The second-order valence-corrected chi connectivity index (χ2v) is 10.2. The number of carbonyl (C=O) groups is 2. The Morgan fingerprint density at radius 2 is 1.85 bits per heavy atom. The molecular formula is C24H34N4O4S. The average molecular weight is 475 g/mol. The van der Waals surface area contributed by atoms with Crippen LogP contribution in [-0.2, 0) is 10.5 Å². The van der Waals surface area contributed by atoms with Crippen LogP contribution in [0.2, 0.25) is 0 Å². The normalized spacial score (nSPS) is 14.9. The summed E-state index contributed by atoms with van der Waals surface area (Å²) < 4.78 is 10.7. The molecule has 2 heterocycles. The molecule has 1 aliphatic rings. The van der Waals surface area contributed by atoms with Crippen LogP contribution in [0.25, 0.3) is 0 Å². The van der Waals surface area contributed by atoms with E-state index in [1.165, 1.54) is 0 Å². The first-order chi connectivity index (χ1) is 15.6. The maximum absolute atomic E-state index is 12.8. The summed E-state index contributed by atoms with van der Waals surface area (Å²) in [6.07, 6.45) is -0.263. The second-order valence-electron chi connectivity index (χ2n) is 9.15. The highest BCUT2D eigenvalue weighted by atomic mass is 32.2. The first kappa shape index (κ1) is 25.1. The number of nitrogens with one attached hydrogen (secondary N) is 1. The number of benzene rings is 1. The fraction of sp³-hybridized carbons (Fsp3) is 0.542. The number of hydrogen-bond acceptors (Lipinski definition) is 7. The van der Waals surface area contributed by atoms with Crippen LogP contribution in [0.15, 0.2) is 33.7 Å². The number of amides is 2. The highest BCUT2D eigenvalue weighted by Gasteiger charge is 2.25. The molecule has 0 spiro atoms. The van der Waals surface area contributed by atoms with Gasteiger partial charge >= 0.3 is 6.09 Å². The topological polar surface area (TPSA) is 87.9 Å². The van der Waals surface area contributed by atoms with Gasteiger partial charge in [0.1, 0.15) is 11.4 Å². The van der Waals surface area contributed by atoms with Crippen LogP contribution in [0.3, 0.4) is 0 Å². The molecule has 1 aromatic heterocycles. The standard InChI is InChI=1S/C24H34N4O4S/c1-17-20(18(2)32-26-17)16-33-21-9-7-6-8-19(21)22(29)25-10-11-27-12-14-28(15-13-27)23(30)31-24(3,4)5/h6-9H,10-16H2,1-5H3,(H,25,29). The zero-order chi connectivity index (χ0) is 24.0. The molecule has 1 N–H and O–H groups in total. The van der Waals surface area contributed by atoms with E-state index in [0.29, 0.717) is 31.0 Å². The van der Waals surface area contributed by atoms with Crippen LogP contribution in [-0.4, -0.2) is 71.8 Å². The van der Waals surface area contributed by atoms with Gasteiger partial charge in [-0.25, -0.2) is 4.79 Å². The van der Waals surface area contributed by atoms with Crippen LogP contribution in [0, 0.1) is 13.8 Å². The second kappa shape index (κ2) is 11.1. The molecule has 0 bridgehead atoms. The van der Waals surface area contributed by atoms with Gasteiger partial charge in [-0.2, -0.15) is 0 Å². The molecule has 1 fully saturated rings. The molecule has 0 saturated carbocycles. The van der Waals surface area contributed by atoms with E-state index in [-0.39, 0.29) is 12.0 Å². The number of ether oxygens (including phenoxy) is 1. The van der Waals surface area contributed by atoms with E-state index in [9.17, 15) is 9.59 Å². The van der Waals surface area contributed by atoms with Crippen LogP contribution >= 0.6 is 11.8 Å². The zero-order valence-electron chi connectivity index (χ0n) is 20.1. The van der Waals surface area contributed by atoms with Crippen LogP contribution in [0.4, 0.5) is 4.79 Å². The Labute approximate surface area is 200 Å². The Balaban J connectivity index is 1.45. The van der Waals surface area contributed by atoms with Gasteiger partial charge < -0.3 is 19.5 Å². The molecule has 9 heteroatoms. The summed E-state index contributed by atoms with van der Waals surface area (Å²) in [6, 6.07) is 7.64. The lowest BCUT2D eigenvalue weighted by Gasteiger charge is -2.35. The highest BCUT2D eigenvalue weighted by molar-refractivity contribution is 7.98. The van der Waals surface area contributed by atoms with Crippen molar-refractivity contribution < 1.29 is 18.8 Å². The summed E-state index contributed by atoms with van der Waals surface area (Å²) in [5.74, 6) is 1.44. The van der Waals surface area contributed by atoms with Gasteiger partial charge in [-0.15, -0.1) is 11.8 Å². The number of piperazine rings is 1. The number of aromatic nitrogens is 1. The van der Waals surface area contributed by atoms with Gasteiger partial charge in [-0.1, -0.05) is 17.3 Å². The van der Waals surface area contributed by atoms with Gasteiger partial charge in [0.25, 0.3) is 5.91 Å². The maximum Gasteiger partial charge on any atom is 0.410 e. The van der Waals surface area contributed by atoms with Crippen LogP contribution < -0.4 is 5.32 Å². The molecule has 3 rings (SSSR count). The smallest absolute Gasteiger partial charge is 0.410 e. The zero-order valence-corrected chi connectivity index (χ0v) is 21.0. The fourth-order valence-electron chi connectivity index (χ4n) is 3.54. The minimum absolute atomic E-state index is 0.0794. The minimum Gasteiger partial charge on any atom is -0.444 e. The maximum atomic E-state index is 12.8. The van der Waals surface area contributed by atoms with E-state index in [1.54, 1.807) is 16.7 Å². The van der Waals surface area contributed by atoms with Crippen molar-refractivity contribution in [2.24, 2.45) is 0 Å². The van der Waals surface area contributed by atoms with Gasteiger partial charge in [-0.3, -0.25) is 9.69 Å². The lowest BCUT2D eigenvalue weighted by molar-refractivity contribution is 0.0147. The number of nitrogens with zero attached hydrogens (tertiary/aromatic N) is 3. The summed E-state index contributed by atoms with van der Waals surface area (Å²) in [7, 11) is 0. The molecule has 1 aliphatic heterocycles. The third-order valence-electron chi connectivity index (χ3n) is 5.42. The van der Waals surface area contributed by atoms with Crippen molar-refractivity contribution in [2.45, 2.75) is 50.9 Å². The monoisotopic (exact) mass is 474 g/mol. The lowest BCUT2D eigenvalue weighted by atomic mass is 10.2. The number of aryl methyl sites for hydroxylation is 2. The van der Waals surface area contributed by atoms with Gasteiger partial charge in [-0.05, 0) is 46.8 Å². The molecule has 2 aromatic rings. The summed E-state index contributed by atoms with van der Waals surface area (Å²) >= 11 is 1.61. The summed E-state index contributed by atoms with van der Waals surface area (Å²) in [4.78, 5) is 30.0. The van der Waals surface area contributed by atoms with Gasteiger partial charge in [0.05, 0.1) is 11.3 Å². The number of carbonyl (C=O) groups excluding carboxylic acids is 2. The van der Waals surface area contributed by atoms with E-state index in [2.05, 4.69) is 15.4 Å². The minimum atomic E-state index is -0.486. The molecular weight excluding hydrogens is 440 g/mol. The first-order valence-corrected chi connectivity index (χ1v) is 12.2. The number of hydrogen-bond donors (Lipinski definition) is 1. The van der Waals surface area contributed by atoms with Crippen molar-refractivity contribution in [3.05, 3.63) is 46.8 Å². The fourth-order valence-corrected chi connectivity index (χ4v) is 4.74. The third kappa shape index (κ3) is 7.23. The Kier molecular flexibility index (Phi) is 8.42. The molecule has 8 nitrogen and oxygen atoms in total. The van der Waals surface area contributed by atoms with Crippen LogP contribution in [0.5, 0.6) is 0 Å². The predicted octanol–water partition coefficient (Wildman–Crippen LogP) is 3.87. The van der Waals surface area contributed by atoms with Gasteiger partial charge in [0.15, 0.2) is 0 Å². The van der Waals surface area contributed by atoms with E-state index in [1.807, 2.05) is 58.9 Å². The third-order valence-corrected chi connectivity index (χ3v) is 6.52. The molecule has 33 heavy (non-hydrogen) atoms. The van der Waals surface area contributed by atoms with Crippen molar-refractivity contribution in [3.8, 4) is 0 Å². The first-order valence-electron chi connectivity index (χ1n) is 11.3. The molecule has 0 aliphatic carbocycles. The van der Waals surface area contributed by atoms with Crippen molar-refractivity contribution in [2.75, 3.05) is 39.3 Å². The Morgan fingerprint density at radius 3 is 2.48 bits per heavy atom. The molecule has 2 amide bonds. The van der Waals surface area contributed by atoms with Crippen molar-refractivity contribution in [1.82, 2.24) is 20.3 Å². The van der Waals surface area contributed by atoms with Crippen LogP contribution in [0.1, 0.15) is 48.1 Å². The van der Waals surface area contributed by atoms with Crippen molar-refractivity contribution >= 4 is 23.8 Å². The molecule has 1 aromatic carbocycles. The van der Waals surface area contributed by atoms with E-state index >= 15 is 0 Å². The lowest BCUT2D eigenvalue weighted by Crippen LogP contribution is -2.51. The molecule has 1 saturated heterocycles. The Bertz CT molecular complexity index is 942. The molecule has 180 valence electrons.